The van der Waals surface area contributed by atoms with Gasteiger partial charge in [-0.1, -0.05) is 0 Å². The highest BCUT2D eigenvalue weighted by molar-refractivity contribution is 7.89. The number of sulfonamides is 1. The van der Waals surface area contributed by atoms with Gasteiger partial charge in [0.2, 0.25) is 10.0 Å². The predicted octanol–water partition coefficient (Wildman–Crippen LogP) is 1.54. The van der Waals surface area contributed by atoms with E-state index in [2.05, 4.69) is 4.72 Å². The van der Waals surface area contributed by atoms with Gasteiger partial charge in [-0.15, -0.1) is 11.3 Å². The molecule has 20 heavy (non-hydrogen) atoms. The number of hydrogen-bond donors (Lipinski definition) is 2. The number of thiophene rings is 1. The molecule has 1 saturated carbocycles. The second-order valence-corrected chi connectivity index (χ2v) is 7.64. The molecule has 0 atom stereocenters. The molecule has 6 nitrogen and oxygen atoms in total. The summed E-state index contributed by atoms with van der Waals surface area (Å²) in [5.74, 6) is -1.22. The van der Waals surface area contributed by atoms with Gasteiger partial charge in [-0.2, -0.15) is 0 Å². The van der Waals surface area contributed by atoms with Crippen LogP contribution in [0.2, 0.25) is 0 Å². The summed E-state index contributed by atoms with van der Waals surface area (Å²) < 4.78 is 31.9. The number of methoxy groups -OCH3 is 1. The third kappa shape index (κ3) is 3.38. The standard InChI is InChI=1S/C12H17NO5S2/c1-18-6-5-12(3-4-12)8-13-20(16,17)9-2-7-19-10(9)11(14)15/h2,7,13H,3-6,8H2,1H3,(H,14,15). The lowest BCUT2D eigenvalue weighted by Crippen LogP contribution is -2.31. The molecule has 112 valence electrons. The lowest BCUT2D eigenvalue weighted by molar-refractivity contribution is 0.0698. The van der Waals surface area contributed by atoms with Crippen molar-refractivity contribution in [3.05, 3.63) is 16.3 Å². The number of ether oxygens (including phenoxy) is 1. The van der Waals surface area contributed by atoms with Gasteiger partial charge in [0.05, 0.1) is 0 Å². The van der Waals surface area contributed by atoms with Gasteiger partial charge in [0.25, 0.3) is 0 Å². The average Bonchev–Trinajstić information content (AvgIpc) is 2.97. The van der Waals surface area contributed by atoms with E-state index in [0.717, 1.165) is 30.6 Å². The Morgan fingerprint density at radius 1 is 1.55 bits per heavy atom. The topological polar surface area (TPSA) is 92.7 Å². The highest BCUT2D eigenvalue weighted by Crippen LogP contribution is 2.48. The third-order valence-corrected chi connectivity index (χ3v) is 6.02. The van der Waals surface area contributed by atoms with Gasteiger partial charge in [0, 0.05) is 20.3 Å². The minimum Gasteiger partial charge on any atom is -0.477 e. The SMILES string of the molecule is COCCC1(CNS(=O)(=O)c2ccsc2C(=O)O)CC1. The molecule has 1 aromatic heterocycles. The molecular formula is C12H17NO5S2. The van der Waals surface area contributed by atoms with E-state index < -0.39 is 16.0 Å². The van der Waals surface area contributed by atoms with Crippen molar-refractivity contribution in [1.29, 1.82) is 0 Å². The molecule has 0 spiro atoms. The fraction of sp³-hybridized carbons (Fsp3) is 0.583. The highest BCUT2D eigenvalue weighted by atomic mass is 32.2. The lowest BCUT2D eigenvalue weighted by Gasteiger charge is -2.15. The van der Waals surface area contributed by atoms with E-state index in [0.29, 0.717) is 13.2 Å². The summed E-state index contributed by atoms with van der Waals surface area (Å²) in [4.78, 5) is 10.7. The quantitative estimate of drug-likeness (QED) is 0.758. The number of rotatable bonds is 8. The van der Waals surface area contributed by atoms with Crippen LogP contribution < -0.4 is 4.72 Å². The molecule has 0 bridgehead atoms. The molecule has 0 saturated heterocycles. The van der Waals surface area contributed by atoms with Crippen molar-refractivity contribution in [2.45, 2.75) is 24.2 Å². The van der Waals surface area contributed by atoms with Crippen molar-refractivity contribution >= 4 is 27.3 Å². The Bertz CT molecular complexity index is 589. The van der Waals surface area contributed by atoms with Gasteiger partial charge >= 0.3 is 5.97 Å². The summed E-state index contributed by atoms with van der Waals surface area (Å²) in [5, 5.41) is 10.4. The lowest BCUT2D eigenvalue weighted by atomic mass is 10.0. The van der Waals surface area contributed by atoms with Crippen molar-refractivity contribution in [3.63, 3.8) is 0 Å². The zero-order valence-corrected chi connectivity index (χ0v) is 12.7. The number of carboxylic acids is 1. The Hall–Kier alpha value is -0.960. The zero-order valence-electron chi connectivity index (χ0n) is 11.1. The van der Waals surface area contributed by atoms with Gasteiger partial charge in [-0.3, -0.25) is 0 Å². The van der Waals surface area contributed by atoms with E-state index in [9.17, 15) is 13.2 Å². The minimum absolute atomic E-state index is 0.0253. The summed E-state index contributed by atoms with van der Waals surface area (Å²) in [6.45, 7) is 0.925. The van der Waals surface area contributed by atoms with Gasteiger partial charge in [0.1, 0.15) is 9.77 Å². The molecule has 1 aliphatic carbocycles. The Kier molecular flexibility index (Phi) is 4.48. The first-order valence-corrected chi connectivity index (χ1v) is 8.56. The first-order chi connectivity index (χ1) is 9.40. The molecule has 8 heteroatoms. The molecule has 0 aromatic carbocycles. The fourth-order valence-corrected chi connectivity index (χ4v) is 4.42. The molecule has 1 heterocycles. The number of carboxylic acid groups (broad SMARTS) is 1. The Labute approximate surface area is 121 Å². The van der Waals surface area contributed by atoms with Crippen molar-refractivity contribution in [2.24, 2.45) is 5.41 Å². The van der Waals surface area contributed by atoms with Gasteiger partial charge in [0.15, 0.2) is 0 Å². The van der Waals surface area contributed by atoms with E-state index in [1.54, 1.807) is 7.11 Å². The maximum atomic E-state index is 12.2. The van der Waals surface area contributed by atoms with Crippen LogP contribution in [0.15, 0.2) is 16.3 Å². The van der Waals surface area contributed by atoms with Crippen LogP contribution in [0.25, 0.3) is 0 Å². The summed E-state index contributed by atoms with van der Waals surface area (Å²) in [7, 11) is -2.16. The maximum Gasteiger partial charge on any atom is 0.347 e. The van der Waals surface area contributed by atoms with E-state index in [1.807, 2.05) is 0 Å². The number of carbonyl (C=O) groups is 1. The first-order valence-electron chi connectivity index (χ1n) is 6.20. The van der Waals surface area contributed by atoms with Crippen LogP contribution in [0.4, 0.5) is 0 Å². The minimum atomic E-state index is -3.77. The van der Waals surface area contributed by atoms with Crippen LogP contribution in [0.1, 0.15) is 28.9 Å². The van der Waals surface area contributed by atoms with Crippen LogP contribution in [0, 0.1) is 5.41 Å². The number of aromatic carboxylic acids is 1. The molecule has 1 fully saturated rings. The second kappa shape index (κ2) is 5.80. The monoisotopic (exact) mass is 319 g/mol. The molecule has 1 aromatic rings. The highest BCUT2D eigenvalue weighted by Gasteiger charge is 2.43. The van der Waals surface area contributed by atoms with Crippen LogP contribution in [-0.2, 0) is 14.8 Å². The van der Waals surface area contributed by atoms with Crippen LogP contribution in [0.5, 0.6) is 0 Å². The second-order valence-electron chi connectivity index (χ2n) is 4.99. The molecule has 2 rings (SSSR count). The van der Waals surface area contributed by atoms with Crippen LogP contribution >= 0.6 is 11.3 Å². The summed E-state index contributed by atoms with van der Waals surface area (Å²) in [6.07, 6.45) is 2.74. The third-order valence-electron chi connectivity index (χ3n) is 3.54. The van der Waals surface area contributed by atoms with Crippen LogP contribution in [-0.4, -0.2) is 39.8 Å². The maximum absolute atomic E-state index is 12.2. The normalized spacial score (nSPS) is 17.1. The largest absolute Gasteiger partial charge is 0.477 e. The zero-order chi connectivity index (χ0) is 14.8. The first kappa shape index (κ1) is 15.4. The van der Waals surface area contributed by atoms with Crippen molar-refractivity contribution in [1.82, 2.24) is 4.72 Å². The molecular weight excluding hydrogens is 302 g/mol. The molecule has 0 amide bonds. The Morgan fingerprint density at radius 3 is 2.80 bits per heavy atom. The van der Waals surface area contributed by atoms with E-state index in [4.69, 9.17) is 9.84 Å². The molecule has 2 N–H and O–H groups in total. The Morgan fingerprint density at radius 2 is 2.25 bits per heavy atom. The van der Waals surface area contributed by atoms with E-state index >= 15 is 0 Å². The molecule has 0 unspecified atom stereocenters. The van der Waals surface area contributed by atoms with Crippen LogP contribution in [0.3, 0.4) is 0 Å². The Balaban J connectivity index is 2.05. The van der Waals surface area contributed by atoms with Crippen molar-refractivity contribution < 1.29 is 23.1 Å². The smallest absolute Gasteiger partial charge is 0.347 e. The summed E-state index contributed by atoms with van der Waals surface area (Å²) in [5.41, 5.74) is -0.0253. The fourth-order valence-electron chi connectivity index (χ4n) is 2.00. The van der Waals surface area contributed by atoms with Crippen molar-refractivity contribution in [2.75, 3.05) is 20.3 Å². The van der Waals surface area contributed by atoms with E-state index in [-0.39, 0.29) is 15.2 Å². The summed E-state index contributed by atoms with van der Waals surface area (Å²) >= 11 is 0.909. The van der Waals surface area contributed by atoms with Gasteiger partial charge in [-0.05, 0) is 36.1 Å². The van der Waals surface area contributed by atoms with Crippen molar-refractivity contribution in [3.8, 4) is 0 Å². The average molecular weight is 319 g/mol. The van der Waals surface area contributed by atoms with Gasteiger partial charge in [-0.25, -0.2) is 17.9 Å². The predicted molar refractivity (Wildman–Crippen MR) is 74.6 cm³/mol. The molecule has 1 aliphatic rings. The number of nitrogens with one attached hydrogen (secondary N) is 1. The van der Waals surface area contributed by atoms with Gasteiger partial charge < -0.3 is 9.84 Å². The molecule has 0 radical (unpaired) electrons. The molecule has 0 aliphatic heterocycles. The van der Waals surface area contributed by atoms with E-state index in [1.165, 1.54) is 11.4 Å². The summed E-state index contributed by atoms with van der Waals surface area (Å²) in [6, 6.07) is 1.32. The number of hydrogen-bond acceptors (Lipinski definition) is 5.